The minimum atomic E-state index is -1.07. The van der Waals surface area contributed by atoms with Crippen LogP contribution in [0.3, 0.4) is 0 Å². The van der Waals surface area contributed by atoms with Gasteiger partial charge in [-0.2, -0.15) is 4.37 Å². The molecule has 0 bridgehead atoms. The van der Waals surface area contributed by atoms with E-state index in [-0.39, 0.29) is 30.0 Å². The highest BCUT2D eigenvalue weighted by atomic mass is 32.1. The molecular weight excluding hydrogens is 479 g/mol. The zero-order valence-corrected chi connectivity index (χ0v) is 19.2. The number of halogens is 1. The van der Waals surface area contributed by atoms with Crippen LogP contribution in [-0.4, -0.2) is 40.0 Å². The van der Waals surface area contributed by atoms with Crippen LogP contribution in [0.2, 0.25) is 0 Å². The number of nitrogens with one attached hydrogen (secondary N) is 4. The molecule has 0 unspecified atom stereocenters. The monoisotopic (exact) mass is 500 g/mol. The number of carbonyl (C=O) groups excluding carboxylic acids is 3. The molecule has 182 valence electrons. The molecule has 35 heavy (non-hydrogen) atoms. The fourth-order valence-electron chi connectivity index (χ4n) is 2.96. The van der Waals surface area contributed by atoms with Gasteiger partial charge in [0.25, 0.3) is 5.91 Å². The van der Waals surface area contributed by atoms with E-state index in [1.165, 1.54) is 12.1 Å². The summed E-state index contributed by atoms with van der Waals surface area (Å²) in [5.41, 5.74) is 7.25. The molecule has 0 saturated heterocycles. The molecule has 1 heterocycles. The predicted molar refractivity (Wildman–Crippen MR) is 129 cm³/mol. The summed E-state index contributed by atoms with van der Waals surface area (Å²) in [4.78, 5) is 47.2. The number of carboxylic acids is 1. The van der Waals surface area contributed by atoms with Gasteiger partial charge < -0.3 is 26.8 Å². The van der Waals surface area contributed by atoms with Crippen molar-refractivity contribution in [3.8, 4) is 10.4 Å². The van der Waals surface area contributed by atoms with Crippen LogP contribution in [0.4, 0.5) is 31.2 Å². The first kappa shape index (κ1) is 25.1. The number of aliphatic carboxylic acids is 1. The Balaban J connectivity index is 1.69. The number of aromatic nitrogens is 1. The Hall–Kier alpha value is -4.52. The van der Waals surface area contributed by atoms with Crippen LogP contribution in [0.15, 0.2) is 42.5 Å². The lowest BCUT2D eigenvalue weighted by atomic mass is 10.1. The van der Waals surface area contributed by atoms with E-state index in [2.05, 4.69) is 25.6 Å². The third-order valence-electron chi connectivity index (χ3n) is 4.57. The maximum Gasteiger partial charge on any atom is 0.323 e. The Morgan fingerprint density at radius 2 is 1.74 bits per heavy atom. The molecular formula is C22H21FN6O5S. The first-order chi connectivity index (χ1) is 16.6. The van der Waals surface area contributed by atoms with E-state index in [1.807, 2.05) is 0 Å². The number of rotatable bonds is 8. The van der Waals surface area contributed by atoms with E-state index in [0.717, 1.165) is 17.1 Å². The summed E-state index contributed by atoms with van der Waals surface area (Å²) in [6, 6.07) is 9.33. The number of hydrogen-bond donors (Lipinski definition) is 6. The summed E-state index contributed by atoms with van der Waals surface area (Å²) in [7, 11) is 0. The van der Waals surface area contributed by atoms with Crippen molar-refractivity contribution in [3.05, 3.63) is 59.4 Å². The standard InChI is InChI=1S/C22H21FN6O5S/c1-11-2-7-14(23)15(10-11)27-22(34)26-13-5-3-12(4-6-13)18-17(19(24)32)20(29-35-18)28-21(33)25-9-8-16(30)31/h2-7,10H,8-9H2,1H3,(H2,24,32)(H,30,31)(H2,26,27,34)(H2,25,28,29,33). The van der Waals surface area contributed by atoms with Crippen LogP contribution in [0.25, 0.3) is 10.4 Å². The smallest absolute Gasteiger partial charge is 0.323 e. The zero-order valence-electron chi connectivity index (χ0n) is 18.3. The Bertz CT molecular complexity index is 1280. The van der Waals surface area contributed by atoms with E-state index < -0.39 is 29.8 Å². The minimum Gasteiger partial charge on any atom is -0.481 e. The number of aryl methyl sites for hydroxylation is 1. The number of anilines is 3. The predicted octanol–water partition coefficient (Wildman–Crippen LogP) is 3.60. The van der Waals surface area contributed by atoms with E-state index in [0.29, 0.717) is 16.1 Å². The molecule has 2 aromatic carbocycles. The Morgan fingerprint density at radius 1 is 1.03 bits per heavy atom. The van der Waals surface area contributed by atoms with Gasteiger partial charge in [0.1, 0.15) is 11.4 Å². The zero-order chi connectivity index (χ0) is 25.5. The second kappa shape index (κ2) is 11.1. The van der Waals surface area contributed by atoms with E-state index in [1.54, 1.807) is 37.3 Å². The summed E-state index contributed by atoms with van der Waals surface area (Å²) in [6.07, 6.45) is -0.267. The molecule has 11 nitrogen and oxygen atoms in total. The number of carboxylic acid groups (broad SMARTS) is 1. The Kier molecular flexibility index (Phi) is 7.94. The molecule has 0 radical (unpaired) electrons. The number of carbonyl (C=O) groups is 4. The molecule has 7 N–H and O–H groups in total. The fraction of sp³-hybridized carbons (Fsp3) is 0.136. The number of nitrogens with two attached hydrogens (primary N) is 1. The van der Waals surface area contributed by atoms with Crippen molar-refractivity contribution in [2.24, 2.45) is 5.73 Å². The quantitative estimate of drug-likeness (QED) is 0.275. The molecule has 3 rings (SSSR count). The SMILES string of the molecule is Cc1ccc(F)c(NC(=O)Nc2ccc(-c3snc(NC(=O)NCCC(=O)O)c3C(N)=O)cc2)c1. The number of hydrogen-bond acceptors (Lipinski definition) is 6. The maximum absolute atomic E-state index is 13.8. The lowest BCUT2D eigenvalue weighted by molar-refractivity contribution is -0.136. The van der Waals surface area contributed by atoms with Gasteiger partial charge in [-0.15, -0.1) is 0 Å². The molecule has 1 aromatic heterocycles. The average molecular weight is 501 g/mol. The third kappa shape index (κ3) is 6.74. The lowest BCUT2D eigenvalue weighted by Crippen LogP contribution is -2.31. The summed E-state index contributed by atoms with van der Waals surface area (Å²) in [5, 5.41) is 18.4. The second-order valence-electron chi connectivity index (χ2n) is 7.26. The van der Waals surface area contributed by atoms with Crippen molar-refractivity contribution in [1.29, 1.82) is 0 Å². The fourth-order valence-corrected chi connectivity index (χ4v) is 3.81. The number of primary amides is 1. The van der Waals surface area contributed by atoms with Gasteiger partial charge in [0, 0.05) is 12.2 Å². The first-order valence-corrected chi connectivity index (χ1v) is 10.9. The van der Waals surface area contributed by atoms with Crippen LogP contribution in [-0.2, 0) is 4.79 Å². The van der Waals surface area contributed by atoms with Crippen LogP contribution in [0.1, 0.15) is 22.3 Å². The van der Waals surface area contributed by atoms with Crippen LogP contribution in [0, 0.1) is 12.7 Å². The van der Waals surface area contributed by atoms with Crippen molar-refractivity contribution in [1.82, 2.24) is 9.69 Å². The maximum atomic E-state index is 13.8. The molecule has 0 spiro atoms. The van der Waals surface area contributed by atoms with E-state index in [4.69, 9.17) is 10.8 Å². The van der Waals surface area contributed by atoms with Crippen LogP contribution >= 0.6 is 11.5 Å². The van der Waals surface area contributed by atoms with E-state index in [9.17, 15) is 23.6 Å². The van der Waals surface area contributed by atoms with Gasteiger partial charge >= 0.3 is 18.0 Å². The molecule has 0 aliphatic carbocycles. The van der Waals surface area contributed by atoms with Gasteiger partial charge in [0.2, 0.25) is 0 Å². The molecule has 0 aliphatic rings. The third-order valence-corrected chi connectivity index (χ3v) is 5.47. The molecule has 13 heteroatoms. The van der Waals surface area contributed by atoms with Crippen molar-refractivity contribution in [2.45, 2.75) is 13.3 Å². The van der Waals surface area contributed by atoms with Crippen LogP contribution < -0.4 is 27.0 Å². The summed E-state index contributed by atoms with van der Waals surface area (Å²) >= 11 is 0.924. The van der Waals surface area contributed by atoms with Crippen LogP contribution in [0.5, 0.6) is 0 Å². The molecule has 0 fully saturated rings. The molecule has 0 atom stereocenters. The second-order valence-corrected chi connectivity index (χ2v) is 8.04. The van der Waals surface area contributed by atoms with Crippen molar-refractivity contribution < 1.29 is 28.7 Å². The summed E-state index contributed by atoms with van der Waals surface area (Å²) < 4.78 is 17.9. The largest absolute Gasteiger partial charge is 0.481 e. The van der Waals surface area contributed by atoms with Crippen molar-refractivity contribution in [2.75, 3.05) is 22.5 Å². The molecule has 0 aliphatic heterocycles. The molecule has 0 saturated carbocycles. The Morgan fingerprint density at radius 3 is 2.40 bits per heavy atom. The van der Waals surface area contributed by atoms with Gasteiger partial charge in [-0.25, -0.2) is 14.0 Å². The highest BCUT2D eigenvalue weighted by Gasteiger charge is 2.21. The lowest BCUT2D eigenvalue weighted by Gasteiger charge is -2.10. The highest BCUT2D eigenvalue weighted by Crippen LogP contribution is 2.33. The highest BCUT2D eigenvalue weighted by molar-refractivity contribution is 7.10. The van der Waals surface area contributed by atoms with E-state index >= 15 is 0 Å². The number of benzene rings is 2. The topological polar surface area (TPSA) is 176 Å². The van der Waals surface area contributed by atoms with Gasteiger partial charge in [-0.3, -0.25) is 14.9 Å². The van der Waals surface area contributed by atoms with Gasteiger partial charge in [0.15, 0.2) is 5.82 Å². The van der Waals surface area contributed by atoms with Gasteiger partial charge in [-0.1, -0.05) is 18.2 Å². The number of nitrogens with zero attached hydrogens (tertiary/aromatic N) is 1. The molecule has 3 aromatic rings. The Labute approximate surface area is 202 Å². The van der Waals surface area contributed by atoms with Crippen molar-refractivity contribution >= 4 is 52.7 Å². The van der Waals surface area contributed by atoms with Crippen molar-refractivity contribution in [3.63, 3.8) is 0 Å². The number of urea groups is 2. The van der Waals surface area contributed by atoms with Gasteiger partial charge in [0.05, 0.1) is 17.0 Å². The minimum absolute atomic E-state index is 0.0169. The number of amides is 5. The first-order valence-electron chi connectivity index (χ1n) is 10.1. The normalized spacial score (nSPS) is 10.3. The molecule has 5 amide bonds. The average Bonchev–Trinajstić information content (AvgIpc) is 3.20. The van der Waals surface area contributed by atoms with Gasteiger partial charge in [-0.05, 0) is 53.8 Å². The summed E-state index contributed by atoms with van der Waals surface area (Å²) in [6.45, 7) is 1.66. The summed E-state index contributed by atoms with van der Waals surface area (Å²) in [5.74, 6) is -2.52.